The van der Waals surface area contributed by atoms with Gasteiger partial charge < -0.3 is 0 Å². The molecule has 130 valence electrons. The number of anilines is 1. The van der Waals surface area contributed by atoms with Crippen LogP contribution in [0.4, 0.5) is 9.52 Å². The number of carbonyl (C=O) groups is 1. The van der Waals surface area contributed by atoms with Gasteiger partial charge in [-0.3, -0.25) is 10.1 Å². The Kier molecular flexibility index (Phi) is 4.37. The molecule has 0 saturated heterocycles. The fraction of sp³-hybridized carbons (Fsp3) is 0. The fourth-order valence-electron chi connectivity index (χ4n) is 2.84. The van der Waals surface area contributed by atoms with Crippen LogP contribution in [0.25, 0.3) is 22.0 Å². The number of hydrogen-bond donors (Lipinski definition) is 1. The number of carbonyl (C=O) groups excluding carboxylic acids is 1. The lowest BCUT2D eigenvalue weighted by Crippen LogP contribution is -2.13. The number of nitrogens with zero attached hydrogens (tertiary/aromatic N) is 2. The molecule has 1 N–H and O–H groups in total. The molecule has 1 heterocycles. The third kappa shape index (κ3) is 3.28. The highest BCUT2D eigenvalue weighted by atomic mass is 32.1. The van der Waals surface area contributed by atoms with Crippen molar-refractivity contribution in [2.75, 3.05) is 5.32 Å². The summed E-state index contributed by atoms with van der Waals surface area (Å²) in [5, 5.41) is 15.8. The van der Waals surface area contributed by atoms with Crippen LogP contribution in [-0.2, 0) is 0 Å². The van der Waals surface area contributed by atoms with Crippen molar-refractivity contribution in [1.82, 2.24) is 4.98 Å². The van der Waals surface area contributed by atoms with Gasteiger partial charge in [0.1, 0.15) is 5.82 Å². The molecule has 0 aliphatic carbocycles. The number of benzene rings is 3. The summed E-state index contributed by atoms with van der Waals surface area (Å²) in [6.07, 6.45) is 0. The van der Waals surface area contributed by atoms with Crippen LogP contribution in [0.15, 0.2) is 66.0 Å². The number of thiazole rings is 1. The number of amides is 1. The number of fused-ring (bicyclic) bond motifs is 1. The van der Waals surface area contributed by atoms with Crippen LogP contribution in [0.5, 0.6) is 0 Å². The molecular weight excluding hydrogens is 361 g/mol. The number of halogens is 1. The minimum atomic E-state index is -0.739. The van der Waals surface area contributed by atoms with E-state index in [4.69, 9.17) is 5.26 Å². The molecule has 0 saturated carbocycles. The Morgan fingerprint density at radius 2 is 1.93 bits per heavy atom. The monoisotopic (exact) mass is 373 g/mol. The van der Waals surface area contributed by atoms with Gasteiger partial charge in [-0.1, -0.05) is 42.5 Å². The topological polar surface area (TPSA) is 65.8 Å². The number of nitrogens with one attached hydrogen (secondary N) is 1. The summed E-state index contributed by atoms with van der Waals surface area (Å²) in [6, 6.07) is 19.5. The van der Waals surface area contributed by atoms with Gasteiger partial charge in [-0.2, -0.15) is 5.26 Å². The molecule has 4 rings (SSSR count). The minimum absolute atomic E-state index is 0.129. The molecule has 0 aliphatic rings. The standard InChI is InChI=1S/C21H12FN3OS/c22-18-10-13(11-23)8-9-17(18)20(26)25-21-24-19(12-27-21)16-7-3-5-14-4-1-2-6-15(14)16/h1-10,12H,(H,24,25,26). The molecular formula is C21H12FN3OS. The molecule has 0 aliphatic heterocycles. The van der Waals surface area contributed by atoms with Crippen molar-refractivity contribution in [1.29, 1.82) is 5.26 Å². The molecule has 0 atom stereocenters. The normalized spacial score (nSPS) is 10.5. The van der Waals surface area contributed by atoms with Gasteiger partial charge in [-0.15, -0.1) is 11.3 Å². The van der Waals surface area contributed by atoms with Gasteiger partial charge in [0.2, 0.25) is 0 Å². The zero-order valence-electron chi connectivity index (χ0n) is 13.9. The van der Waals surface area contributed by atoms with Crippen LogP contribution < -0.4 is 5.32 Å². The Morgan fingerprint density at radius 3 is 2.74 bits per heavy atom. The Hall–Kier alpha value is -3.56. The van der Waals surface area contributed by atoms with E-state index in [1.165, 1.54) is 23.5 Å². The maximum Gasteiger partial charge on any atom is 0.260 e. The third-order valence-corrected chi connectivity index (χ3v) is 4.89. The van der Waals surface area contributed by atoms with E-state index in [1.54, 1.807) is 0 Å². The van der Waals surface area contributed by atoms with Crippen LogP contribution in [-0.4, -0.2) is 10.9 Å². The van der Waals surface area contributed by atoms with Gasteiger partial charge in [0.25, 0.3) is 5.91 Å². The maximum atomic E-state index is 14.0. The van der Waals surface area contributed by atoms with E-state index in [9.17, 15) is 9.18 Å². The highest BCUT2D eigenvalue weighted by Crippen LogP contribution is 2.31. The molecule has 4 aromatic rings. The van der Waals surface area contributed by atoms with Gasteiger partial charge in [0, 0.05) is 10.9 Å². The predicted octanol–water partition coefficient (Wildman–Crippen LogP) is 5.23. The summed E-state index contributed by atoms with van der Waals surface area (Å²) in [7, 11) is 0. The van der Waals surface area contributed by atoms with Crippen molar-refractivity contribution >= 4 is 33.1 Å². The van der Waals surface area contributed by atoms with Gasteiger partial charge >= 0.3 is 0 Å². The van der Waals surface area contributed by atoms with Gasteiger partial charge in [0.15, 0.2) is 5.13 Å². The first-order valence-electron chi connectivity index (χ1n) is 8.10. The third-order valence-electron chi connectivity index (χ3n) is 4.13. The SMILES string of the molecule is N#Cc1ccc(C(=O)Nc2nc(-c3cccc4ccccc34)cs2)c(F)c1. The average Bonchev–Trinajstić information content (AvgIpc) is 3.15. The number of nitriles is 1. The summed E-state index contributed by atoms with van der Waals surface area (Å²) in [5.41, 5.74) is 1.74. The molecule has 0 radical (unpaired) electrons. The van der Waals surface area contributed by atoms with Crippen LogP contribution in [0.3, 0.4) is 0 Å². The average molecular weight is 373 g/mol. The van der Waals surface area contributed by atoms with Crippen LogP contribution >= 0.6 is 11.3 Å². The van der Waals surface area contributed by atoms with Crippen molar-refractivity contribution in [2.24, 2.45) is 0 Å². The Bertz CT molecular complexity index is 1200. The predicted molar refractivity (Wildman–Crippen MR) is 104 cm³/mol. The lowest BCUT2D eigenvalue weighted by Gasteiger charge is -2.04. The lowest BCUT2D eigenvalue weighted by atomic mass is 10.0. The van der Waals surface area contributed by atoms with Crippen LogP contribution in [0.2, 0.25) is 0 Å². The highest BCUT2D eigenvalue weighted by Gasteiger charge is 2.15. The van der Waals surface area contributed by atoms with E-state index >= 15 is 0 Å². The quantitative estimate of drug-likeness (QED) is 0.535. The number of aromatic nitrogens is 1. The van der Waals surface area contributed by atoms with E-state index in [0.717, 1.165) is 28.1 Å². The molecule has 27 heavy (non-hydrogen) atoms. The molecule has 0 unspecified atom stereocenters. The summed E-state index contributed by atoms with van der Waals surface area (Å²) in [4.78, 5) is 16.8. The first-order chi connectivity index (χ1) is 13.2. The molecule has 6 heteroatoms. The maximum absolute atomic E-state index is 14.0. The van der Waals surface area contributed by atoms with Gasteiger partial charge in [-0.05, 0) is 29.0 Å². The summed E-state index contributed by atoms with van der Waals surface area (Å²) < 4.78 is 14.0. The van der Waals surface area contributed by atoms with Crippen molar-refractivity contribution < 1.29 is 9.18 Å². The second kappa shape index (κ2) is 6.98. The second-order valence-electron chi connectivity index (χ2n) is 5.83. The fourth-order valence-corrected chi connectivity index (χ4v) is 3.54. The van der Waals surface area contributed by atoms with E-state index in [0.29, 0.717) is 5.13 Å². The number of hydrogen-bond acceptors (Lipinski definition) is 4. The van der Waals surface area contributed by atoms with E-state index in [-0.39, 0.29) is 11.1 Å². The van der Waals surface area contributed by atoms with Gasteiger partial charge in [0.05, 0.1) is 22.9 Å². The molecule has 1 aromatic heterocycles. The molecule has 0 bridgehead atoms. The second-order valence-corrected chi connectivity index (χ2v) is 6.68. The van der Waals surface area contributed by atoms with Crippen molar-refractivity contribution in [3.05, 3.63) is 83.0 Å². The van der Waals surface area contributed by atoms with E-state index in [1.807, 2.05) is 53.9 Å². The molecule has 4 nitrogen and oxygen atoms in total. The van der Waals surface area contributed by atoms with Gasteiger partial charge in [-0.25, -0.2) is 9.37 Å². The summed E-state index contributed by atoms with van der Waals surface area (Å²) in [5.74, 6) is -1.34. The smallest absolute Gasteiger partial charge is 0.260 e. The zero-order valence-corrected chi connectivity index (χ0v) is 14.8. The Balaban J connectivity index is 1.62. The van der Waals surface area contributed by atoms with Crippen LogP contribution in [0, 0.1) is 17.1 Å². The largest absolute Gasteiger partial charge is 0.298 e. The first kappa shape index (κ1) is 16.9. The summed E-state index contributed by atoms with van der Waals surface area (Å²) in [6.45, 7) is 0. The Morgan fingerprint density at radius 1 is 1.11 bits per heavy atom. The minimum Gasteiger partial charge on any atom is -0.298 e. The molecule has 1 amide bonds. The first-order valence-corrected chi connectivity index (χ1v) is 8.98. The molecule has 0 spiro atoms. The van der Waals surface area contributed by atoms with E-state index in [2.05, 4.69) is 10.3 Å². The zero-order chi connectivity index (χ0) is 18.8. The highest BCUT2D eigenvalue weighted by molar-refractivity contribution is 7.14. The summed E-state index contributed by atoms with van der Waals surface area (Å²) >= 11 is 1.27. The van der Waals surface area contributed by atoms with Crippen molar-refractivity contribution in [3.63, 3.8) is 0 Å². The molecule has 3 aromatic carbocycles. The lowest BCUT2D eigenvalue weighted by molar-refractivity contribution is 0.102. The molecule has 0 fully saturated rings. The number of rotatable bonds is 3. The Labute approximate surface area is 158 Å². The van der Waals surface area contributed by atoms with E-state index < -0.39 is 11.7 Å². The van der Waals surface area contributed by atoms with Crippen molar-refractivity contribution in [3.8, 4) is 17.3 Å². The van der Waals surface area contributed by atoms with Crippen molar-refractivity contribution in [2.45, 2.75) is 0 Å². The van der Waals surface area contributed by atoms with Crippen LogP contribution in [0.1, 0.15) is 15.9 Å².